The van der Waals surface area contributed by atoms with Gasteiger partial charge in [0.15, 0.2) is 10.9 Å². The van der Waals surface area contributed by atoms with Crippen molar-refractivity contribution >= 4 is 40.4 Å². The van der Waals surface area contributed by atoms with E-state index in [1.807, 2.05) is 43.3 Å². The van der Waals surface area contributed by atoms with Gasteiger partial charge < -0.3 is 25.2 Å². The maximum atomic E-state index is 13.8. The first-order valence-electron chi connectivity index (χ1n) is 13.5. The van der Waals surface area contributed by atoms with Crippen molar-refractivity contribution in [1.29, 1.82) is 0 Å². The van der Waals surface area contributed by atoms with Gasteiger partial charge in [0.1, 0.15) is 11.6 Å². The molecular weight excluding hydrogens is 527 g/mol. The highest BCUT2D eigenvalue weighted by molar-refractivity contribution is 7.80. The lowest BCUT2D eigenvalue weighted by Crippen LogP contribution is -2.43. The van der Waals surface area contributed by atoms with Crippen LogP contribution in [0.4, 0.5) is 15.8 Å². The van der Waals surface area contributed by atoms with Crippen molar-refractivity contribution in [2.45, 2.75) is 19.8 Å². The van der Waals surface area contributed by atoms with Gasteiger partial charge >= 0.3 is 0 Å². The first-order chi connectivity index (χ1) is 19.3. The third-order valence-corrected chi connectivity index (χ3v) is 7.58. The number of benzene rings is 3. The number of Topliss-reactive ketones (excluding diaryl/α,β-unsaturated/α-hetero) is 1. The molecule has 3 aromatic rings. The number of carbonyl (C=O) groups excluding carboxylic acids is 2. The van der Waals surface area contributed by atoms with E-state index < -0.39 is 0 Å². The standard InChI is InChI=1S/C31H35FN4O3S/c1-3-35(31(33)40)26-14-10-24(11-15-26)30(38)36(27-6-4-5-7-28(27)39-2)21-20-34-18-16-23(17-19-34)29(37)22-8-12-25(32)13-9-22/h4-15,23H,3,16-21H2,1-2H3,(H2,33,40). The van der Waals surface area contributed by atoms with E-state index in [9.17, 15) is 14.0 Å². The monoisotopic (exact) mass is 562 g/mol. The molecule has 1 heterocycles. The molecule has 0 aromatic heterocycles. The predicted octanol–water partition coefficient (Wildman–Crippen LogP) is 5.15. The van der Waals surface area contributed by atoms with E-state index in [-0.39, 0.29) is 28.5 Å². The molecule has 1 aliphatic heterocycles. The van der Waals surface area contributed by atoms with E-state index >= 15 is 0 Å². The highest BCUT2D eigenvalue weighted by Crippen LogP contribution is 2.30. The second-order valence-corrected chi connectivity index (χ2v) is 10.2. The zero-order valence-corrected chi connectivity index (χ0v) is 23.7. The van der Waals surface area contributed by atoms with Crippen LogP contribution in [0.15, 0.2) is 72.8 Å². The molecule has 0 saturated carbocycles. The highest BCUT2D eigenvalue weighted by Gasteiger charge is 2.27. The van der Waals surface area contributed by atoms with Crippen molar-refractivity contribution < 1.29 is 18.7 Å². The Morgan fingerprint density at radius 1 is 0.975 bits per heavy atom. The predicted molar refractivity (Wildman–Crippen MR) is 161 cm³/mol. The van der Waals surface area contributed by atoms with Gasteiger partial charge in [0.2, 0.25) is 0 Å². The number of nitrogens with zero attached hydrogens (tertiary/aromatic N) is 3. The van der Waals surface area contributed by atoms with Crippen LogP contribution in [0.1, 0.15) is 40.5 Å². The number of methoxy groups -OCH3 is 1. The Bertz CT molecular complexity index is 1330. The van der Waals surface area contributed by atoms with Crippen LogP contribution < -0.4 is 20.3 Å². The second kappa shape index (κ2) is 13.5. The number of anilines is 2. The largest absolute Gasteiger partial charge is 0.495 e. The molecule has 1 saturated heterocycles. The fourth-order valence-electron chi connectivity index (χ4n) is 5.10. The minimum Gasteiger partial charge on any atom is -0.495 e. The Kier molecular flexibility index (Phi) is 9.84. The Hall–Kier alpha value is -3.82. The molecular formula is C31H35FN4O3S. The van der Waals surface area contributed by atoms with Crippen molar-refractivity contribution in [2.75, 3.05) is 49.6 Å². The lowest BCUT2D eigenvalue weighted by molar-refractivity contribution is 0.0841. The lowest BCUT2D eigenvalue weighted by atomic mass is 9.89. The summed E-state index contributed by atoms with van der Waals surface area (Å²) in [5.74, 6) is 0.0961. The van der Waals surface area contributed by atoms with Gasteiger partial charge in [0, 0.05) is 42.4 Å². The number of nitrogens with two attached hydrogens (primary N) is 1. The third kappa shape index (κ3) is 6.84. The molecule has 3 aromatic carbocycles. The van der Waals surface area contributed by atoms with Gasteiger partial charge in [-0.15, -0.1) is 0 Å². The SMILES string of the molecule is CCN(C(N)=S)c1ccc(C(=O)N(CCN2CCC(C(=O)c3ccc(F)cc3)CC2)c2ccccc2OC)cc1. The van der Waals surface area contributed by atoms with Crippen LogP contribution in [0, 0.1) is 11.7 Å². The Morgan fingerprint density at radius 2 is 1.60 bits per heavy atom. The van der Waals surface area contributed by atoms with E-state index in [1.165, 1.54) is 12.1 Å². The molecule has 2 N–H and O–H groups in total. The molecule has 4 rings (SSSR count). The summed E-state index contributed by atoms with van der Waals surface area (Å²) in [4.78, 5) is 32.5. The number of hydrogen-bond acceptors (Lipinski definition) is 5. The van der Waals surface area contributed by atoms with Gasteiger partial charge in [-0.1, -0.05) is 12.1 Å². The number of para-hydroxylation sites is 2. The lowest BCUT2D eigenvalue weighted by Gasteiger charge is -2.33. The topological polar surface area (TPSA) is 79.1 Å². The van der Waals surface area contributed by atoms with Gasteiger partial charge in [0.25, 0.3) is 5.91 Å². The van der Waals surface area contributed by atoms with Crippen LogP contribution in [0.25, 0.3) is 0 Å². The number of amides is 1. The summed E-state index contributed by atoms with van der Waals surface area (Å²) < 4.78 is 18.8. The normalized spacial score (nSPS) is 14.0. The minimum atomic E-state index is -0.348. The van der Waals surface area contributed by atoms with Crippen LogP contribution in [-0.2, 0) is 0 Å². The number of thiocarbonyl (C=S) groups is 1. The van der Waals surface area contributed by atoms with E-state index in [1.54, 1.807) is 41.2 Å². The van der Waals surface area contributed by atoms with Crippen molar-refractivity contribution in [2.24, 2.45) is 11.7 Å². The number of likely N-dealkylation sites (tertiary alicyclic amines) is 1. The summed E-state index contributed by atoms with van der Waals surface area (Å²) in [5, 5.41) is 0.278. The Labute approximate surface area is 240 Å². The number of halogens is 1. The molecule has 40 heavy (non-hydrogen) atoms. The number of hydrogen-bond donors (Lipinski definition) is 1. The molecule has 210 valence electrons. The number of ketones is 1. The van der Waals surface area contributed by atoms with Gasteiger partial charge in [-0.3, -0.25) is 9.59 Å². The average molecular weight is 563 g/mol. The molecule has 9 heteroatoms. The summed E-state index contributed by atoms with van der Waals surface area (Å²) in [6.45, 7) is 5.17. The number of piperidine rings is 1. The fraction of sp³-hybridized carbons (Fsp3) is 0.323. The van der Waals surface area contributed by atoms with Crippen molar-refractivity contribution in [1.82, 2.24) is 4.90 Å². The maximum Gasteiger partial charge on any atom is 0.258 e. The van der Waals surface area contributed by atoms with Crippen molar-refractivity contribution in [3.63, 3.8) is 0 Å². The zero-order valence-electron chi connectivity index (χ0n) is 22.9. The van der Waals surface area contributed by atoms with E-state index in [4.69, 9.17) is 22.7 Å². The zero-order chi connectivity index (χ0) is 28.6. The van der Waals surface area contributed by atoms with E-state index in [0.29, 0.717) is 42.2 Å². The van der Waals surface area contributed by atoms with Gasteiger partial charge in [-0.2, -0.15) is 0 Å². The van der Waals surface area contributed by atoms with Crippen LogP contribution in [0.5, 0.6) is 5.75 Å². The third-order valence-electron chi connectivity index (χ3n) is 7.36. The van der Waals surface area contributed by atoms with Crippen LogP contribution in [0.2, 0.25) is 0 Å². The summed E-state index contributed by atoms with van der Waals surface area (Å²) in [6, 6.07) is 20.5. The Balaban J connectivity index is 1.46. The molecule has 7 nitrogen and oxygen atoms in total. The van der Waals surface area contributed by atoms with Crippen LogP contribution in [0.3, 0.4) is 0 Å². The quantitative estimate of drug-likeness (QED) is 0.271. The molecule has 1 amide bonds. The van der Waals surface area contributed by atoms with Gasteiger partial charge in [-0.25, -0.2) is 4.39 Å². The first-order valence-corrected chi connectivity index (χ1v) is 13.9. The number of rotatable bonds is 10. The second-order valence-electron chi connectivity index (χ2n) is 9.75. The molecule has 1 fully saturated rings. The molecule has 0 atom stereocenters. The van der Waals surface area contributed by atoms with Gasteiger partial charge in [0.05, 0.1) is 12.8 Å². The Morgan fingerprint density at radius 3 is 2.20 bits per heavy atom. The molecule has 0 spiro atoms. The first kappa shape index (κ1) is 29.2. The van der Waals surface area contributed by atoms with Gasteiger partial charge in [-0.05, 0) is 106 Å². The fourth-order valence-corrected chi connectivity index (χ4v) is 5.33. The summed E-state index contributed by atoms with van der Waals surface area (Å²) >= 11 is 5.14. The van der Waals surface area contributed by atoms with E-state index in [2.05, 4.69) is 4.90 Å². The molecule has 0 unspecified atom stereocenters. The van der Waals surface area contributed by atoms with Crippen molar-refractivity contribution in [3.8, 4) is 5.75 Å². The number of ether oxygens (including phenoxy) is 1. The smallest absolute Gasteiger partial charge is 0.258 e. The summed E-state index contributed by atoms with van der Waals surface area (Å²) in [7, 11) is 1.59. The minimum absolute atomic E-state index is 0.0611. The highest BCUT2D eigenvalue weighted by atomic mass is 32.1. The molecule has 1 aliphatic rings. The number of carbonyl (C=O) groups is 2. The van der Waals surface area contributed by atoms with Crippen molar-refractivity contribution in [3.05, 3.63) is 89.7 Å². The average Bonchev–Trinajstić information content (AvgIpc) is 2.98. The maximum absolute atomic E-state index is 13.8. The molecule has 0 bridgehead atoms. The molecule has 0 aliphatic carbocycles. The van der Waals surface area contributed by atoms with Crippen LogP contribution >= 0.6 is 12.2 Å². The molecule has 0 radical (unpaired) electrons. The van der Waals surface area contributed by atoms with Crippen LogP contribution in [-0.4, -0.2) is 61.5 Å². The summed E-state index contributed by atoms with van der Waals surface area (Å²) in [6.07, 6.45) is 1.44. The van der Waals surface area contributed by atoms with E-state index in [0.717, 1.165) is 31.6 Å². The summed E-state index contributed by atoms with van der Waals surface area (Å²) in [5.41, 5.74) is 8.44.